The molecule has 1 amide bonds. The maximum Gasteiger partial charge on any atom is 0.274 e. The zero-order valence-corrected chi connectivity index (χ0v) is 15.0. The average molecular weight is 373 g/mol. The van der Waals surface area contributed by atoms with Crippen LogP contribution in [-0.4, -0.2) is 25.7 Å². The lowest BCUT2D eigenvalue weighted by Crippen LogP contribution is -2.14. The predicted molar refractivity (Wildman–Crippen MR) is 104 cm³/mol. The fourth-order valence-electron chi connectivity index (χ4n) is 2.80. The van der Waals surface area contributed by atoms with E-state index in [1.807, 2.05) is 18.2 Å². The van der Waals surface area contributed by atoms with Crippen LogP contribution in [0, 0.1) is 5.82 Å². The van der Waals surface area contributed by atoms with E-state index in [4.69, 9.17) is 0 Å². The predicted octanol–water partition coefficient (Wildman–Crippen LogP) is 3.94. The third kappa shape index (κ3) is 3.64. The summed E-state index contributed by atoms with van der Waals surface area (Å²) in [6, 6.07) is 16.6. The van der Waals surface area contributed by atoms with Crippen LogP contribution in [0.1, 0.15) is 10.5 Å². The highest BCUT2D eigenvalue weighted by Gasteiger charge is 2.16. The minimum atomic E-state index is -0.367. The van der Waals surface area contributed by atoms with Crippen molar-refractivity contribution in [1.82, 2.24) is 19.7 Å². The lowest BCUT2D eigenvalue weighted by molar-refractivity contribution is 0.102. The molecule has 0 fully saturated rings. The second-order valence-corrected chi connectivity index (χ2v) is 6.15. The molecule has 0 spiro atoms. The molecule has 1 N–H and O–H groups in total. The Morgan fingerprint density at radius 1 is 1.00 bits per heavy atom. The summed E-state index contributed by atoms with van der Waals surface area (Å²) >= 11 is 0. The Hall–Kier alpha value is -3.87. The molecule has 0 saturated heterocycles. The molecule has 0 unspecified atom stereocenters. The van der Waals surface area contributed by atoms with Gasteiger partial charge in [-0.2, -0.15) is 5.10 Å². The molecule has 6 nitrogen and oxygen atoms in total. The van der Waals surface area contributed by atoms with Crippen molar-refractivity contribution in [3.63, 3.8) is 0 Å². The van der Waals surface area contributed by atoms with Gasteiger partial charge < -0.3 is 5.32 Å². The number of anilines is 1. The number of hydrogen-bond donors (Lipinski definition) is 1. The fourth-order valence-corrected chi connectivity index (χ4v) is 2.80. The number of nitrogens with zero attached hydrogens (tertiary/aromatic N) is 4. The maximum absolute atomic E-state index is 13.1. The summed E-state index contributed by atoms with van der Waals surface area (Å²) in [5, 5.41) is 7.23. The summed E-state index contributed by atoms with van der Waals surface area (Å²) in [7, 11) is 1.77. The van der Waals surface area contributed by atoms with Gasteiger partial charge in [0.2, 0.25) is 0 Å². The molecule has 0 saturated carbocycles. The van der Waals surface area contributed by atoms with Crippen molar-refractivity contribution in [2.24, 2.45) is 7.05 Å². The van der Waals surface area contributed by atoms with E-state index in [-0.39, 0.29) is 17.4 Å². The third-order valence-corrected chi connectivity index (χ3v) is 4.11. The largest absolute Gasteiger partial charge is 0.317 e. The molecular formula is C21H16FN5O. The second kappa shape index (κ2) is 7.40. The monoisotopic (exact) mass is 373 g/mol. The normalized spacial score (nSPS) is 10.6. The number of carbonyl (C=O) groups excluding carboxylic acids is 1. The number of aryl methyl sites for hydroxylation is 1. The number of carbonyl (C=O) groups is 1. The van der Waals surface area contributed by atoms with Crippen LogP contribution in [-0.2, 0) is 7.05 Å². The number of pyridine rings is 2. The average Bonchev–Trinajstić information content (AvgIpc) is 3.09. The highest BCUT2D eigenvalue weighted by atomic mass is 19.1. The summed E-state index contributed by atoms with van der Waals surface area (Å²) in [6.07, 6.45) is 3.38. The molecule has 0 aliphatic rings. The van der Waals surface area contributed by atoms with Gasteiger partial charge in [0.25, 0.3) is 5.91 Å². The van der Waals surface area contributed by atoms with Gasteiger partial charge in [-0.1, -0.05) is 12.1 Å². The summed E-state index contributed by atoms with van der Waals surface area (Å²) < 4.78 is 14.7. The van der Waals surface area contributed by atoms with E-state index in [0.29, 0.717) is 22.8 Å². The summed E-state index contributed by atoms with van der Waals surface area (Å²) in [6.45, 7) is 0. The van der Waals surface area contributed by atoms with Gasteiger partial charge >= 0.3 is 0 Å². The van der Waals surface area contributed by atoms with E-state index in [9.17, 15) is 9.18 Å². The van der Waals surface area contributed by atoms with Crippen LogP contribution in [0.2, 0.25) is 0 Å². The molecule has 7 heteroatoms. The van der Waals surface area contributed by atoms with Crippen molar-refractivity contribution in [3.05, 3.63) is 84.6 Å². The van der Waals surface area contributed by atoms with Crippen LogP contribution in [0.4, 0.5) is 10.1 Å². The number of nitrogens with one attached hydrogen (secondary N) is 1. The molecule has 28 heavy (non-hydrogen) atoms. The van der Waals surface area contributed by atoms with Crippen LogP contribution in [0.3, 0.4) is 0 Å². The van der Waals surface area contributed by atoms with Crippen molar-refractivity contribution in [2.75, 3.05) is 5.32 Å². The van der Waals surface area contributed by atoms with Gasteiger partial charge in [0.05, 0.1) is 17.1 Å². The molecule has 0 radical (unpaired) electrons. The fraction of sp³-hybridized carbons (Fsp3) is 0.0476. The van der Waals surface area contributed by atoms with Gasteiger partial charge in [-0.15, -0.1) is 0 Å². The molecule has 4 rings (SSSR count). The zero-order chi connectivity index (χ0) is 19.5. The minimum absolute atomic E-state index is 0.248. The van der Waals surface area contributed by atoms with Crippen molar-refractivity contribution in [1.29, 1.82) is 0 Å². The van der Waals surface area contributed by atoms with Crippen molar-refractivity contribution in [2.45, 2.75) is 0 Å². The molecule has 0 aliphatic carbocycles. The lowest BCUT2D eigenvalue weighted by atomic mass is 10.1. The first-order valence-corrected chi connectivity index (χ1v) is 8.59. The molecule has 3 heterocycles. The quantitative estimate of drug-likeness (QED) is 0.588. The molecule has 3 aromatic heterocycles. The Labute approximate surface area is 160 Å². The molecule has 4 aromatic rings. The first kappa shape index (κ1) is 17.5. The van der Waals surface area contributed by atoms with Gasteiger partial charge in [0.15, 0.2) is 0 Å². The smallest absolute Gasteiger partial charge is 0.274 e. The first-order chi connectivity index (χ1) is 13.6. The van der Waals surface area contributed by atoms with E-state index >= 15 is 0 Å². The molecule has 0 bridgehead atoms. The molecule has 138 valence electrons. The molecule has 0 aliphatic heterocycles. The Bertz CT molecular complexity index is 1120. The maximum atomic E-state index is 13.1. The van der Waals surface area contributed by atoms with Crippen molar-refractivity contribution < 1.29 is 9.18 Å². The van der Waals surface area contributed by atoms with E-state index in [0.717, 1.165) is 5.56 Å². The molecule has 0 atom stereocenters. The van der Waals surface area contributed by atoms with Gasteiger partial charge in [-0.05, 0) is 48.5 Å². The topological polar surface area (TPSA) is 72.7 Å². The summed E-state index contributed by atoms with van der Waals surface area (Å²) in [5.41, 5.74) is 3.34. The standard InChI is InChI=1S/C21H16FN5O/c1-27-13-19(20(26-27)17-5-2-3-12-23-17)25-21(28)18-7-4-6-16(24-18)14-8-10-15(22)11-9-14/h2-13H,1H3,(H,25,28). The number of amides is 1. The Kier molecular flexibility index (Phi) is 4.63. The van der Waals surface area contributed by atoms with Gasteiger partial charge in [0.1, 0.15) is 17.2 Å². The van der Waals surface area contributed by atoms with E-state index in [1.54, 1.807) is 54.5 Å². The van der Waals surface area contributed by atoms with Gasteiger partial charge in [-0.3, -0.25) is 14.5 Å². The Balaban J connectivity index is 1.62. The Morgan fingerprint density at radius 3 is 2.54 bits per heavy atom. The van der Waals surface area contributed by atoms with Crippen LogP contribution >= 0.6 is 0 Å². The highest BCUT2D eigenvalue weighted by molar-refractivity contribution is 6.04. The zero-order valence-electron chi connectivity index (χ0n) is 15.0. The van der Waals surface area contributed by atoms with Crippen LogP contribution in [0.5, 0.6) is 0 Å². The number of aromatic nitrogens is 4. The molecular weight excluding hydrogens is 357 g/mol. The number of halogens is 1. The minimum Gasteiger partial charge on any atom is -0.317 e. The second-order valence-electron chi connectivity index (χ2n) is 6.15. The third-order valence-electron chi connectivity index (χ3n) is 4.11. The van der Waals surface area contributed by atoms with Crippen LogP contribution in [0.15, 0.2) is 73.1 Å². The van der Waals surface area contributed by atoms with E-state index < -0.39 is 0 Å². The van der Waals surface area contributed by atoms with Crippen molar-refractivity contribution >= 4 is 11.6 Å². The molecule has 1 aromatic carbocycles. The Morgan fingerprint density at radius 2 is 1.79 bits per heavy atom. The number of hydrogen-bond acceptors (Lipinski definition) is 4. The number of benzene rings is 1. The van der Waals surface area contributed by atoms with Crippen molar-refractivity contribution in [3.8, 4) is 22.6 Å². The van der Waals surface area contributed by atoms with Crippen LogP contribution < -0.4 is 5.32 Å². The summed E-state index contributed by atoms with van der Waals surface area (Å²) in [5.74, 6) is -0.689. The first-order valence-electron chi connectivity index (χ1n) is 8.59. The lowest BCUT2D eigenvalue weighted by Gasteiger charge is -2.07. The van der Waals surface area contributed by atoms with E-state index in [1.165, 1.54) is 12.1 Å². The van der Waals surface area contributed by atoms with Crippen LogP contribution in [0.25, 0.3) is 22.6 Å². The van der Waals surface area contributed by atoms with Gasteiger partial charge in [-0.25, -0.2) is 9.37 Å². The number of rotatable bonds is 4. The SMILES string of the molecule is Cn1cc(NC(=O)c2cccc(-c3ccc(F)cc3)n2)c(-c2ccccn2)n1. The van der Waals surface area contributed by atoms with Gasteiger partial charge in [0, 0.05) is 25.0 Å². The van der Waals surface area contributed by atoms with E-state index in [2.05, 4.69) is 20.4 Å². The summed E-state index contributed by atoms with van der Waals surface area (Å²) in [4.78, 5) is 21.4. The highest BCUT2D eigenvalue weighted by Crippen LogP contribution is 2.25.